The first-order valence-corrected chi connectivity index (χ1v) is 10.4. The predicted molar refractivity (Wildman–Crippen MR) is 108 cm³/mol. The van der Waals surface area contributed by atoms with E-state index in [1.54, 1.807) is 4.90 Å². The zero-order valence-corrected chi connectivity index (χ0v) is 17.6. The van der Waals surface area contributed by atoms with Crippen LogP contribution in [0.5, 0.6) is 0 Å². The molecular formula is C20H26N2O6S. The van der Waals surface area contributed by atoms with Crippen molar-refractivity contribution in [2.45, 2.75) is 37.6 Å². The van der Waals surface area contributed by atoms with Gasteiger partial charge in [0.25, 0.3) is 5.91 Å². The monoisotopic (exact) mass is 422 g/mol. The maximum atomic E-state index is 12.2. The molecule has 0 bridgehead atoms. The van der Waals surface area contributed by atoms with Gasteiger partial charge in [0.2, 0.25) is 5.91 Å². The first-order valence-electron chi connectivity index (χ1n) is 9.42. The average Bonchev–Trinajstić information content (AvgIpc) is 2.74. The van der Waals surface area contributed by atoms with E-state index in [-0.39, 0.29) is 24.8 Å². The second-order valence-corrected chi connectivity index (χ2v) is 7.68. The molecule has 1 heterocycles. The number of rotatable bonds is 9. The number of hydrogen-bond donors (Lipinski definition) is 1. The molecule has 0 radical (unpaired) electrons. The van der Waals surface area contributed by atoms with E-state index in [1.807, 2.05) is 38.1 Å². The van der Waals surface area contributed by atoms with Crippen molar-refractivity contribution in [2.24, 2.45) is 5.92 Å². The highest BCUT2D eigenvalue weighted by atomic mass is 32.2. The van der Waals surface area contributed by atoms with Crippen LogP contribution in [0, 0.1) is 5.92 Å². The van der Waals surface area contributed by atoms with Crippen LogP contribution in [0.3, 0.4) is 0 Å². The van der Waals surface area contributed by atoms with Crippen molar-refractivity contribution in [1.29, 1.82) is 0 Å². The molecular weight excluding hydrogens is 396 g/mol. The smallest absolute Gasteiger partial charge is 0.328 e. The Morgan fingerprint density at radius 2 is 2.00 bits per heavy atom. The van der Waals surface area contributed by atoms with E-state index in [9.17, 15) is 19.2 Å². The number of carbonyl (C=O) groups excluding carboxylic acids is 4. The van der Waals surface area contributed by atoms with Crippen molar-refractivity contribution in [3.05, 3.63) is 24.3 Å². The van der Waals surface area contributed by atoms with Gasteiger partial charge in [0.05, 0.1) is 25.0 Å². The van der Waals surface area contributed by atoms with Gasteiger partial charge in [0, 0.05) is 11.4 Å². The Kier molecular flexibility index (Phi) is 8.50. The van der Waals surface area contributed by atoms with Crippen LogP contribution in [-0.2, 0) is 28.7 Å². The number of thioether (sulfide) groups is 1. The first-order chi connectivity index (χ1) is 13.9. The molecule has 9 heteroatoms. The first kappa shape index (κ1) is 22.7. The Morgan fingerprint density at radius 3 is 2.69 bits per heavy atom. The van der Waals surface area contributed by atoms with Crippen LogP contribution < -0.4 is 10.2 Å². The molecule has 1 N–H and O–H groups in total. The molecule has 1 aliphatic rings. The highest BCUT2D eigenvalue weighted by molar-refractivity contribution is 8.00. The van der Waals surface area contributed by atoms with Gasteiger partial charge in [0.15, 0.2) is 6.61 Å². The summed E-state index contributed by atoms with van der Waals surface area (Å²) >= 11 is 1.46. The third-order valence-corrected chi connectivity index (χ3v) is 5.74. The van der Waals surface area contributed by atoms with Crippen LogP contribution in [0.4, 0.5) is 5.69 Å². The number of para-hydroxylation sites is 1. The molecule has 0 fully saturated rings. The van der Waals surface area contributed by atoms with Gasteiger partial charge >= 0.3 is 11.9 Å². The van der Waals surface area contributed by atoms with Gasteiger partial charge in [-0.15, -0.1) is 11.8 Å². The summed E-state index contributed by atoms with van der Waals surface area (Å²) < 4.78 is 9.71. The van der Waals surface area contributed by atoms with E-state index in [0.29, 0.717) is 12.2 Å². The van der Waals surface area contributed by atoms with Crippen molar-refractivity contribution in [3.8, 4) is 0 Å². The minimum absolute atomic E-state index is 0.0379. The van der Waals surface area contributed by atoms with E-state index in [2.05, 4.69) is 5.32 Å². The lowest BCUT2D eigenvalue weighted by atomic mass is 9.99. The summed E-state index contributed by atoms with van der Waals surface area (Å²) in [5.74, 6) is -1.59. The SMILES string of the molecule is CC[C@@H](C)[C@H](NC(=O)COC(=O)CCN1C(=O)CSc2ccccc21)C(=O)OC. The number of benzene rings is 1. The van der Waals surface area contributed by atoms with Crippen LogP contribution in [-0.4, -0.2) is 55.8 Å². The summed E-state index contributed by atoms with van der Waals surface area (Å²) in [5, 5.41) is 2.54. The van der Waals surface area contributed by atoms with Gasteiger partial charge in [-0.25, -0.2) is 4.79 Å². The fraction of sp³-hybridized carbons (Fsp3) is 0.500. The Balaban J connectivity index is 1.83. The van der Waals surface area contributed by atoms with Crippen molar-refractivity contribution in [3.63, 3.8) is 0 Å². The molecule has 158 valence electrons. The van der Waals surface area contributed by atoms with E-state index < -0.39 is 30.5 Å². The molecule has 0 unspecified atom stereocenters. The lowest BCUT2D eigenvalue weighted by Gasteiger charge is -2.28. The molecule has 29 heavy (non-hydrogen) atoms. The minimum atomic E-state index is -0.795. The van der Waals surface area contributed by atoms with E-state index in [4.69, 9.17) is 9.47 Å². The molecule has 8 nitrogen and oxygen atoms in total. The predicted octanol–water partition coefficient (Wildman–Crippen LogP) is 1.76. The molecule has 2 rings (SSSR count). The van der Waals surface area contributed by atoms with Crippen molar-refractivity contribution >= 4 is 41.2 Å². The summed E-state index contributed by atoms with van der Waals surface area (Å²) in [5.41, 5.74) is 0.772. The maximum absolute atomic E-state index is 12.2. The number of carbonyl (C=O) groups is 4. The molecule has 0 saturated heterocycles. The summed E-state index contributed by atoms with van der Waals surface area (Å²) in [4.78, 5) is 50.6. The second-order valence-electron chi connectivity index (χ2n) is 6.67. The summed E-state index contributed by atoms with van der Waals surface area (Å²) in [6, 6.07) is 6.70. The van der Waals surface area contributed by atoms with Gasteiger partial charge in [-0.3, -0.25) is 14.4 Å². The summed E-state index contributed by atoms with van der Waals surface area (Å²) in [7, 11) is 1.25. The maximum Gasteiger partial charge on any atom is 0.328 e. The van der Waals surface area contributed by atoms with Crippen LogP contribution in [0.15, 0.2) is 29.2 Å². The highest BCUT2D eigenvalue weighted by Crippen LogP contribution is 2.34. The zero-order chi connectivity index (χ0) is 21.4. The Bertz CT molecular complexity index is 769. The van der Waals surface area contributed by atoms with Gasteiger partial charge in [-0.1, -0.05) is 32.4 Å². The number of methoxy groups -OCH3 is 1. The molecule has 0 saturated carbocycles. The number of anilines is 1. The molecule has 0 aromatic heterocycles. The van der Waals surface area contributed by atoms with Gasteiger partial charge in [-0.2, -0.15) is 0 Å². The number of esters is 2. The molecule has 0 aliphatic carbocycles. The van der Waals surface area contributed by atoms with Crippen molar-refractivity contribution < 1.29 is 28.7 Å². The Hall–Kier alpha value is -2.55. The minimum Gasteiger partial charge on any atom is -0.467 e. The average molecular weight is 423 g/mol. The third kappa shape index (κ3) is 6.22. The Labute approximate surface area is 174 Å². The van der Waals surface area contributed by atoms with Gasteiger partial charge in [0.1, 0.15) is 6.04 Å². The molecule has 2 atom stereocenters. The number of nitrogens with zero attached hydrogens (tertiary/aromatic N) is 1. The van der Waals surface area contributed by atoms with Crippen LogP contribution in [0.2, 0.25) is 0 Å². The van der Waals surface area contributed by atoms with E-state index >= 15 is 0 Å². The van der Waals surface area contributed by atoms with Gasteiger partial charge in [-0.05, 0) is 18.1 Å². The third-order valence-electron chi connectivity index (χ3n) is 4.70. The number of fused-ring (bicyclic) bond motifs is 1. The van der Waals surface area contributed by atoms with Crippen LogP contribution in [0.1, 0.15) is 26.7 Å². The molecule has 1 aliphatic heterocycles. The lowest BCUT2D eigenvalue weighted by molar-refractivity contribution is -0.150. The van der Waals surface area contributed by atoms with Crippen molar-refractivity contribution in [2.75, 3.05) is 30.9 Å². The standard InChI is InChI=1S/C20H26N2O6S/c1-4-13(2)19(20(26)27-3)21-16(23)11-28-18(25)9-10-22-14-7-5-6-8-15(14)29-12-17(22)24/h5-8,13,19H,4,9-12H2,1-3H3,(H,21,23)/t13-,19+/m1/s1. The number of ether oxygens (including phenoxy) is 2. The largest absolute Gasteiger partial charge is 0.467 e. The number of nitrogens with one attached hydrogen (secondary N) is 1. The van der Waals surface area contributed by atoms with Gasteiger partial charge < -0.3 is 19.7 Å². The van der Waals surface area contributed by atoms with E-state index in [0.717, 1.165) is 10.6 Å². The number of hydrogen-bond acceptors (Lipinski definition) is 7. The molecule has 2 amide bonds. The van der Waals surface area contributed by atoms with E-state index in [1.165, 1.54) is 18.9 Å². The van der Waals surface area contributed by atoms with Crippen molar-refractivity contribution in [1.82, 2.24) is 5.32 Å². The molecule has 1 aromatic rings. The summed E-state index contributed by atoms with van der Waals surface area (Å²) in [6.45, 7) is 3.39. The lowest BCUT2D eigenvalue weighted by Crippen LogP contribution is -2.47. The fourth-order valence-electron chi connectivity index (χ4n) is 2.83. The topological polar surface area (TPSA) is 102 Å². The molecule has 0 spiro atoms. The Morgan fingerprint density at radius 1 is 1.28 bits per heavy atom. The highest BCUT2D eigenvalue weighted by Gasteiger charge is 2.27. The molecule has 1 aromatic carbocycles. The summed E-state index contributed by atoms with van der Waals surface area (Å²) in [6.07, 6.45) is 0.632. The fourth-order valence-corrected chi connectivity index (χ4v) is 3.77. The second kappa shape index (κ2) is 10.8. The van der Waals surface area contributed by atoms with Crippen LogP contribution >= 0.6 is 11.8 Å². The van der Waals surface area contributed by atoms with Crippen LogP contribution in [0.25, 0.3) is 0 Å². The quantitative estimate of drug-likeness (QED) is 0.605. The number of amides is 2. The zero-order valence-electron chi connectivity index (χ0n) is 16.8. The normalized spacial score (nSPS) is 15.1.